The molecule has 0 aliphatic heterocycles. The third kappa shape index (κ3) is 2.73. The summed E-state index contributed by atoms with van der Waals surface area (Å²) in [6.45, 7) is 1.45. The molecular weight excluding hydrogens is 422 g/mol. The standard InChI is InChI=1S/C17H14N2O2Se2/c20-16-12-6-1-3-8-14(12)22-18(16)10-5-11-19-17(21)13-7-2-4-9-15(13)23-19/h1-4,6-9H,5,10-11H2. The van der Waals surface area contributed by atoms with Gasteiger partial charge in [-0.25, -0.2) is 0 Å². The molecule has 0 atom stereocenters. The monoisotopic (exact) mass is 438 g/mol. The van der Waals surface area contributed by atoms with Crippen LogP contribution in [-0.2, 0) is 13.1 Å². The third-order valence-electron chi connectivity index (χ3n) is 3.83. The Balaban J connectivity index is 1.54. The molecule has 4 aromatic rings. The van der Waals surface area contributed by atoms with E-state index >= 15 is 0 Å². The van der Waals surface area contributed by atoms with E-state index in [4.69, 9.17) is 0 Å². The van der Waals surface area contributed by atoms with Crippen molar-refractivity contribution in [2.75, 3.05) is 0 Å². The molecule has 0 amide bonds. The number of rotatable bonds is 4. The van der Waals surface area contributed by atoms with E-state index in [0.717, 1.165) is 30.3 Å². The first kappa shape index (κ1) is 15.0. The van der Waals surface area contributed by atoms with Crippen LogP contribution in [0.2, 0.25) is 0 Å². The molecule has 6 heteroatoms. The van der Waals surface area contributed by atoms with Gasteiger partial charge in [-0.15, -0.1) is 0 Å². The first-order valence-electron chi connectivity index (χ1n) is 7.42. The van der Waals surface area contributed by atoms with E-state index in [1.54, 1.807) is 0 Å². The minimum absolute atomic E-state index is 0.0802. The van der Waals surface area contributed by atoms with E-state index in [1.165, 1.54) is 8.52 Å². The number of fused-ring (bicyclic) bond motifs is 2. The van der Waals surface area contributed by atoms with Crippen LogP contribution in [0.4, 0.5) is 0 Å². The predicted octanol–water partition coefficient (Wildman–Crippen LogP) is 1.52. The van der Waals surface area contributed by atoms with E-state index in [1.807, 2.05) is 55.7 Å². The maximum absolute atomic E-state index is 12.3. The number of hydrogen-bond donors (Lipinski definition) is 0. The Kier molecular flexibility index (Phi) is 4.00. The molecule has 4 rings (SSSR count). The molecule has 0 unspecified atom stereocenters. The molecule has 4 nitrogen and oxygen atoms in total. The molecule has 0 aliphatic rings. The van der Waals surface area contributed by atoms with Crippen LogP contribution in [0.1, 0.15) is 6.42 Å². The molecule has 23 heavy (non-hydrogen) atoms. The van der Waals surface area contributed by atoms with Crippen LogP contribution in [0.5, 0.6) is 0 Å². The molecule has 2 heterocycles. The Bertz CT molecular complexity index is 1010. The molecule has 0 saturated heterocycles. The number of hydrogen-bond acceptors (Lipinski definition) is 2. The van der Waals surface area contributed by atoms with Gasteiger partial charge in [-0.05, 0) is 0 Å². The number of aryl methyl sites for hydroxylation is 2. The molecule has 2 aromatic carbocycles. The summed E-state index contributed by atoms with van der Waals surface area (Å²) in [6.07, 6.45) is 0.836. The van der Waals surface area contributed by atoms with Crippen molar-refractivity contribution in [2.45, 2.75) is 19.5 Å². The average Bonchev–Trinajstić information content (AvgIpc) is 3.07. The first-order chi connectivity index (χ1) is 11.2. The van der Waals surface area contributed by atoms with Gasteiger partial charge in [0, 0.05) is 0 Å². The molecule has 0 spiro atoms. The van der Waals surface area contributed by atoms with Crippen molar-refractivity contribution >= 4 is 48.8 Å². The number of nitrogens with zero attached hydrogens (tertiary/aromatic N) is 2. The molecule has 116 valence electrons. The van der Waals surface area contributed by atoms with Crippen LogP contribution in [0.25, 0.3) is 19.3 Å². The summed E-state index contributed by atoms with van der Waals surface area (Å²) in [6, 6.07) is 15.7. The molecule has 0 bridgehead atoms. The molecule has 0 radical (unpaired) electrons. The SMILES string of the molecule is O=c1c2ccccc2[se]n1CCCn1[se]c2ccccc2c1=O. The zero-order valence-electron chi connectivity index (χ0n) is 12.3. The Hall–Kier alpha value is -1.58. The van der Waals surface area contributed by atoms with E-state index in [-0.39, 0.29) is 40.6 Å². The normalized spacial score (nSPS) is 11.5. The van der Waals surface area contributed by atoms with Gasteiger partial charge in [0.15, 0.2) is 0 Å². The fourth-order valence-electron chi connectivity index (χ4n) is 2.69. The van der Waals surface area contributed by atoms with Crippen molar-refractivity contribution in [1.82, 2.24) is 7.12 Å². The van der Waals surface area contributed by atoms with Crippen LogP contribution in [0.15, 0.2) is 58.1 Å². The van der Waals surface area contributed by atoms with Crippen LogP contribution in [0, 0.1) is 0 Å². The van der Waals surface area contributed by atoms with Gasteiger partial charge in [0.25, 0.3) is 0 Å². The van der Waals surface area contributed by atoms with E-state index in [2.05, 4.69) is 0 Å². The van der Waals surface area contributed by atoms with Gasteiger partial charge >= 0.3 is 145 Å². The molecule has 2 aromatic heterocycles. The van der Waals surface area contributed by atoms with Crippen molar-refractivity contribution in [3.63, 3.8) is 0 Å². The summed E-state index contributed by atoms with van der Waals surface area (Å²) in [5, 5.41) is 1.70. The van der Waals surface area contributed by atoms with Crippen molar-refractivity contribution in [3.05, 3.63) is 69.2 Å². The predicted molar refractivity (Wildman–Crippen MR) is 94.9 cm³/mol. The summed E-state index contributed by atoms with van der Waals surface area (Å²) in [5.41, 5.74) is 0.282. The van der Waals surface area contributed by atoms with Gasteiger partial charge in [-0.3, -0.25) is 0 Å². The topological polar surface area (TPSA) is 44.0 Å². The fraction of sp³-hybridized carbons (Fsp3) is 0.176. The van der Waals surface area contributed by atoms with E-state index in [0.29, 0.717) is 0 Å². The van der Waals surface area contributed by atoms with E-state index < -0.39 is 0 Å². The quantitative estimate of drug-likeness (QED) is 0.456. The molecule has 0 fully saturated rings. The Morgan fingerprint density at radius 1 is 0.696 bits per heavy atom. The van der Waals surface area contributed by atoms with Gasteiger partial charge in [0.1, 0.15) is 0 Å². The van der Waals surface area contributed by atoms with Gasteiger partial charge in [0.2, 0.25) is 0 Å². The van der Waals surface area contributed by atoms with Crippen molar-refractivity contribution in [3.8, 4) is 0 Å². The third-order valence-corrected chi connectivity index (χ3v) is 8.53. The number of aromatic nitrogens is 2. The van der Waals surface area contributed by atoms with Crippen LogP contribution in [-0.4, -0.2) is 36.6 Å². The molecular formula is C17H14N2O2Se2. The van der Waals surface area contributed by atoms with Gasteiger partial charge in [-0.2, -0.15) is 0 Å². The Labute approximate surface area is 144 Å². The minimum atomic E-state index is 0.0802. The summed E-state index contributed by atoms with van der Waals surface area (Å²) in [4.78, 5) is 24.7. The zero-order valence-corrected chi connectivity index (χ0v) is 15.7. The molecule has 0 saturated carbocycles. The second-order valence-electron chi connectivity index (χ2n) is 5.34. The Morgan fingerprint density at radius 2 is 1.13 bits per heavy atom. The summed E-state index contributed by atoms with van der Waals surface area (Å²) in [5.74, 6) is 0. The second kappa shape index (κ2) is 6.14. The maximum atomic E-state index is 12.3. The molecule has 0 aliphatic carbocycles. The zero-order chi connectivity index (χ0) is 15.8. The summed E-state index contributed by atoms with van der Waals surface area (Å²) >= 11 is 0.160. The van der Waals surface area contributed by atoms with Gasteiger partial charge in [0.05, 0.1) is 0 Å². The van der Waals surface area contributed by atoms with Crippen LogP contribution in [0.3, 0.4) is 0 Å². The van der Waals surface area contributed by atoms with Crippen LogP contribution >= 0.6 is 0 Å². The molecule has 0 N–H and O–H groups in total. The summed E-state index contributed by atoms with van der Waals surface area (Å²) < 4.78 is 6.22. The van der Waals surface area contributed by atoms with Crippen molar-refractivity contribution < 1.29 is 0 Å². The number of benzene rings is 2. The first-order valence-corrected chi connectivity index (χ1v) is 10.7. The average molecular weight is 436 g/mol. The van der Waals surface area contributed by atoms with Crippen molar-refractivity contribution in [2.24, 2.45) is 0 Å². The van der Waals surface area contributed by atoms with Gasteiger partial charge < -0.3 is 0 Å². The second-order valence-corrected chi connectivity index (χ2v) is 9.80. The van der Waals surface area contributed by atoms with Crippen molar-refractivity contribution in [1.29, 1.82) is 0 Å². The van der Waals surface area contributed by atoms with Gasteiger partial charge in [-0.1, -0.05) is 0 Å². The summed E-state index contributed by atoms with van der Waals surface area (Å²) in [7, 11) is 0. The van der Waals surface area contributed by atoms with E-state index in [9.17, 15) is 9.59 Å². The fourth-order valence-corrected chi connectivity index (χ4v) is 7.02. The Morgan fingerprint density at radius 3 is 1.57 bits per heavy atom. The van der Waals surface area contributed by atoms with Crippen LogP contribution < -0.4 is 11.1 Å².